The topological polar surface area (TPSA) is 142 Å². The van der Waals surface area contributed by atoms with Crippen molar-refractivity contribution in [3.8, 4) is 22.9 Å². The quantitative estimate of drug-likeness (QED) is 0.123. The molecule has 6 aromatic rings. The van der Waals surface area contributed by atoms with Crippen molar-refractivity contribution in [1.82, 2.24) is 25.7 Å². The van der Waals surface area contributed by atoms with Crippen LogP contribution in [0.15, 0.2) is 106 Å². The number of nitrogens with zero attached hydrogens (tertiary/aromatic N) is 4. The zero-order chi connectivity index (χ0) is 41.2. The van der Waals surface area contributed by atoms with Crippen LogP contribution >= 0.6 is 0 Å². The molecule has 0 saturated carbocycles. The number of halogens is 6. The second-order valence-electron chi connectivity index (χ2n) is 13.8. The van der Waals surface area contributed by atoms with Crippen LogP contribution in [0.3, 0.4) is 0 Å². The van der Waals surface area contributed by atoms with E-state index in [1.807, 2.05) is 48.5 Å². The molecule has 0 aliphatic rings. The van der Waals surface area contributed by atoms with Crippen LogP contribution in [-0.2, 0) is 42.8 Å². The second-order valence-corrected chi connectivity index (χ2v) is 13.8. The van der Waals surface area contributed by atoms with Crippen LogP contribution in [0, 0.1) is 0 Å². The first kappa shape index (κ1) is 42.1. The largest absolute Gasteiger partial charge is 0.444 e. The Labute approximate surface area is 324 Å². The van der Waals surface area contributed by atoms with Gasteiger partial charge in [-0.05, 0) is 92.3 Å². The van der Waals surface area contributed by atoms with E-state index in [2.05, 4.69) is 25.7 Å². The number of carbonyl (C=O) groups is 1. The molecule has 3 N–H and O–H groups in total. The first-order valence-corrected chi connectivity index (χ1v) is 17.8. The van der Waals surface area contributed by atoms with Crippen LogP contribution in [0.25, 0.3) is 22.9 Å². The van der Waals surface area contributed by atoms with E-state index < -0.39 is 35.2 Å². The number of ether oxygens (including phenoxy) is 1. The summed E-state index contributed by atoms with van der Waals surface area (Å²) in [7, 11) is 0. The van der Waals surface area contributed by atoms with Gasteiger partial charge in [-0.25, -0.2) is 4.79 Å². The third-order valence-electron chi connectivity index (χ3n) is 8.15. The number of alkyl carbamates (subject to hydrolysis) is 1. The van der Waals surface area contributed by atoms with Crippen LogP contribution < -0.4 is 11.1 Å². The monoisotopic (exact) mass is 794 g/mol. The number of nitrogens with two attached hydrogens (primary N) is 1. The molecular weight excluding hydrogens is 754 g/mol. The number of carbonyl (C=O) groups excluding carboxylic acids is 1. The van der Waals surface area contributed by atoms with E-state index in [0.29, 0.717) is 61.4 Å². The summed E-state index contributed by atoms with van der Waals surface area (Å²) < 4.78 is 92.8. The van der Waals surface area contributed by atoms with E-state index in [9.17, 15) is 31.1 Å². The number of hydrogen-bond donors (Lipinski definition) is 2. The summed E-state index contributed by atoms with van der Waals surface area (Å²) in [6.45, 7) is 6.01. The van der Waals surface area contributed by atoms with Gasteiger partial charge in [0.25, 0.3) is 0 Å². The van der Waals surface area contributed by atoms with Gasteiger partial charge < -0.3 is 24.6 Å². The third kappa shape index (κ3) is 12.5. The number of hydrogen-bond acceptors (Lipinski definition) is 9. The number of amides is 1. The highest BCUT2D eigenvalue weighted by molar-refractivity contribution is 5.67. The van der Waals surface area contributed by atoms with E-state index in [0.717, 1.165) is 52.1 Å². The fourth-order valence-electron chi connectivity index (χ4n) is 5.47. The first-order valence-electron chi connectivity index (χ1n) is 17.8. The molecule has 10 nitrogen and oxygen atoms in total. The highest BCUT2D eigenvalue weighted by atomic mass is 19.4. The zero-order valence-corrected chi connectivity index (χ0v) is 31.2. The maximum absolute atomic E-state index is 12.8. The van der Waals surface area contributed by atoms with Gasteiger partial charge in [-0.1, -0.05) is 60.7 Å². The minimum atomic E-state index is -4.37. The SMILES string of the molecule is CC(C)(C)OC(=O)NCCc1nnc(-c2ccccc2Cc2ccc(C(F)(F)F)cc2)o1.NCCc1nnc(-c2ccccc2Cc2ccc(C(F)(F)F)cc2)o1. The smallest absolute Gasteiger partial charge is 0.416 e. The Morgan fingerprint density at radius 2 is 1.05 bits per heavy atom. The third-order valence-corrected chi connectivity index (χ3v) is 8.15. The summed E-state index contributed by atoms with van der Waals surface area (Å²) in [4.78, 5) is 11.7. The number of rotatable bonds is 11. The van der Waals surface area contributed by atoms with Crippen LogP contribution in [0.2, 0.25) is 0 Å². The van der Waals surface area contributed by atoms with Gasteiger partial charge in [0.15, 0.2) is 0 Å². The van der Waals surface area contributed by atoms with Gasteiger partial charge in [-0.3, -0.25) is 0 Å². The highest BCUT2D eigenvalue weighted by Crippen LogP contribution is 2.32. The van der Waals surface area contributed by atoms with Gasteiger partial charge in [0.1, 0.15) is 5.60 Å². The standard InChI is InChI=1S/C23H24F3N3O3.C18H16F3N3O/c1-22(2,3)32-21(30)27-13-12-19-28-29-20(31-19)18-7-5-4-6-16(18)14-15-8-10-17(11-9-15)23(24,25)26;19-18(20,21)14-7-5-12(6-8-14)11-13-3-1-2-4-15(13)17-24-23-16(25-17)9-10-22/h4-11H,12-14H2,1-3H3,(H,27,30);1-8H,9-11,22H2. The predicted molar refractivity (Wildman–Crippen MR) is 199 cm³/mol. The minimum Gasteiger partial charge on any atom is -0.444 e. The molecule has 0 fully saturated rings. The van der Waals surface area contributed by atoms with Gasteiger partial charge >= 0.3 is 18.4 Å². The molecule has 0 bridgehead atoms. The molecule has 2 heterocycles. The lowest BCUT2D eigenvalue weighted by Crippen LogP contribution is -2.33. The lowest BCUT2D eigenvalue weighted by atomic mass is 9.99. The molecule has 16 heteroatoms. The summed E-state index contributed by atoms with van der Waals surface area (Å²) in [6, 6.07) is 25.0. The zero-order valence-electron chi connectivity index (χ0n) is 31.2. The molecule has 0 saturated heterocycles. The molecule has 0 radical (unpaired) electrons. The molecule has 0 atom stereocenters. The van der Waals surface area contributed by atoms with Crippen molar-refractivity contribution in [3.05, 3.63) is 142 Å². The van der Waals surface area contributed by atoms with E-state index >= 15 is 0 Å². The summed E-state index contributed by atoms with van der Waals surface area (Å²) >= 11 is 0. The molecule has 4 aromatic carbocycles. The van der Waals surface area contributed by atoms with Crippen molar-refractivity contribution in [3.63, 3.8) is 0 Å². The minimum absolute atomic E-state index is 0.268. The van der Waals surface area contributed by atoms with Crippen LogP contribution in [0.1, 0.15) is 65.9 Å². The maximum atomic E-state index is 12.8. The molecule has 6 rings (SSSR count). The van der Waals surface area contributed by atoms with Crippen molar-refractivity contribution in [1.29, 1.82) is 0 Å². The molecule has 0 aliphatic heterocycles. The van der Waals surface area contributed by atoms with Crippen molar-refractivity contribution < 1.29 is 44.7 Å². The van der Waals surface area contributed by atoms with Crippen molar-refractivity contribution in [2.24, 2.45) is 5.73 Å². The van der Waals surface area contributed by atoms with Crippen molar-refractivity contribution in [2.75, 3.05) is 13.1 Å². The molecule has 0 spiro atoms. The highest BCUT2D eigenvalue weighted by Gasteiger charge is 2.31. The average molecular weight is 795 g/mol. The normalized spacial score (nSPS) is 11.8. The molecule has 0 aliphatic carbocycles. The summed E-state index contributed by atoms with van der Waals surface area (Å²) in [5.41, 5.74) is 8.24. The first-order chi connectivity index (χ1) is 27.0. The molecule has 300 valence electrons. The van der Waals surface area contributed by atoms with Crippen LogP contribution in [0.4, 0.5) is 31.1 Å². The number of benzene rings is 4. The van der Waals surface area contributed by atoms with E-state index in [-0.39, 0.29) is 6.54 Å². The van der Waals surface area contributed by atoms with Crippen molar-refractivity contribution >= 4 is 6.09 Å². The lowest BCUT2D eigenvalue weighted by Gasteiger charge is -2.19. The van der Waals surface area contributed by atoms with Gasteiger partial charge in [-0.15, -0.1) is 20.4 Å². The van der Waals surface area contributed by atoms with E-state index in [4.69, 9.17) is 19.3 Å². The summed E-state index contributed by atoms with van der Waals surface area (Å²) in [5, 5.41) is 18.7. The predicted octanol–water partition coefficient (Wildman–Crippen LogP) is 9.26. The number of alkyl halides is 6. The van der Waals surface area contributed by atoms with Crippen LogP contribution in [0.5, 0.6) is 0 Å². The molecule has 57 heavy (non-hydrogen) atoms. The summed E-state index contributed by atoms with van der Waals surface area (Å²) in [5.74, 6) is 1.49. The number of aromatic nitrogens is 4. The lowest BCUT2D eigenvalue weighted by molar-refractivity contribution is -0.138. The Hall–Kier alpha value is -6.03. The van der Waals surface area contributed by atoms with Crippen LogP contribution in [-0.4, -0.2) is 45.2 Å². The Morgan fingerprint density at radius 3 is 1.46 bits per heavy atom. The number of nitrogens with one attached hydrogen (secondary N) is 1. The van der Waals surface area contributed by atoms with Gasteiger partial charge in [-0.2, -0.15) is 26.3 Å². The Bertz CT molecular complexity index is 2210. The van der Waals surface area contributed by atoms with E-state index in [1.54, 1.807) is 20.8 Å². The second kappa shape index (κ2) is 18.3. The van der Waals surface area contributed by atoms with E-state index in [1.165, 1.54) is 24.3 Å². The van der Waals surface area contributed by atoms with Crippen molar-refractivity contribution in [2.45, 2.75) is 64.4 Å². The Balaban J connectivity index is 0.000000224. The molecular formula is C41H40F6N6O4. The van der Waals surface area contributed by atoms with Gasteiger partial charge in [0, 0.05) is 37.1 Å². The Kier molecular flexibility index (Phi) is 13.5. The Morgan fingerprint density at radius 1 is 0.632 bits per heavy atom. The fourth-order valence-corrected chi connectivity index (χ4v) is 5.47. The molecule has 2 aromatic heterocycles. The maximum Gasteiger partial charge on any atom is 0.416 e. The van der Waals surface area contributed by atoms with Gasteiger partial charge in [0.05, 0.1) is 11.1 Å². The molecule has 1 amide bonds. The van der Waals surface area contributed by atoms with Gasteiger partial charge in [0.2, 0.25) is 23.6 Å². The fraction of sp³-hybridized carbons (Fsp3) is 0.293. The molecule has 0 unspecified atom stereocenters. The summed E-state index contributed by atoms with van der Waals surface area (Å²) in [6.07, 6.45) is -7.54. The average Bonchev–Trinajstić information content (AvgIpc) is 3.82.